The van der Waals surface area contributed by atoms with E-state index in [1.165, 1.54) is 0 Å². The highest BCUT2D eigenvalue weighted by atomic mass is 32.1. The van der Waals surface area contributed by atoms with Gasteiger partial charge in [-0.3, -0.25) is 0 Å². The second-order valence-corrected chi connectivity index (χ2v) is 5.48. The number of hydrogen-bond acceptors (Lipinski definition) is 4. The Labute approximate surface area is 117 Å². The standard InChI is InChI=1S/C15H19NO2S/c1-10-6-7-19-15(10)14(17)13(9-16)11-4-3-5-12(8-11)18-2/h3-8,13-14,17H,9,16H2,1-2H3. The summed E-state index contributed by atoms with van der Waals surface area (Å²) in [5, 5.41) is 12.5. The summed E-state index contributed by atoms with van der Waals surface area (Å²) in [6.07, 6.45) is -0.572. The van der Waals surface area contributed by atoms with Gasteiger partial charge in [0, 0.05) is 17.3 Å². The molecule has 3 N–H and O–H groups in total. The van der Waals surface area contributed by atoms with Crippen LogP contribution in [-0.4, -0.2) is 18.8 Å². The van der Waals surface area contributed by atoms with E-state index < -0.39 is 6.10 Å². The van der Waals surface area contributed by atoms with Gasteiger partial charge in [0.15, 0.2) is 0 Å². The Morgan fingerprint density at radius 2 is 2.16 bits per heavy atom. The van der Waals surface area contributed by atoms with E-state index in [1.807, 2.05) is 42.6 Å². The van der Waals surface area contributed by atoms with E-state index in [1.54, 1.807) is 18.4 Å². The van der Waals surface area contributed by atoms with Crippen molar-refractivity contribution in [2.75, 3.05) is 13.7 Å². The number of benzene rings is 1. The predicted octanol–water partition coefficient (Wildman–Crippen LogP) is 2.84. The van der Waals surface area contributed by atoms with Gasteiger partial charge in [-0.1, -0.05) is 12.1 Å². The lowest BCUT2D eigenvalue weighted by molar-refractivity contribution is 0.150. The second-order valence-electron chi connectivity index (χ2n) is 4.53. The first-order chi connectivity index (χ1) is 9.17. The van der Waals surface area contributed by atoms with E-state index in [0.717, 1.165) is 21.8 Å². The fourth-order valence-electron chi connectivity index (χ4n) is 2.19. The summed E-state index contributed by atoms with van der Waals surface area (Å²) in [5.74, 6) is 0.665. The molecule has 0 aliphatic heterocycles. The number of aliphatic hydroxyl groups excluding tert-OH is 1. The molecular weight excluding hydrogens is 258 g/mol. The van der Waals surface area contributed by atoms with E-state index in [2.05, 4.69) is 0 Å². The Balaban J connectivity index is 2.31. The Morgan fingerprint density at radius 1 is 1.37 bits per heavy atom. The lowest BCUT2D eigenvalue weighted by Crippen LogP contribution is -2.20. The highest BCUT2D eigenvalue weighted by Gasteiger charge is 2.24. The minimum atomic E-state index is -0.572. The van der Waals surface area contributed by atoms with Crippen molar-refractivity contribution in [3.8, 4) is 5.75 Å². The predicted molar refractivity (Wildman–Crippen MR) is 78.8 cm³/mol. The Kier molecular flexibility index (Phi) is 4.58. The minimum Gasteiger partial charge on any atom is -0.497 e. The maximum Gasteiger partial charge on any atom is 0.119 e. The summed E-state index contributed by atoms with van der Waals surface area (Å²) in [4.78, 5) is 0.985. The second kappa shape index (κ2) is 6.19. The van der Waals surface area contributed by atoms with Crippen molar-refractivity contribution in [1.82, 2.24) is 0 Å². The van der Waals surface area contributed by atoms with Gasteiger partial charge in [0.2, 0.25) is 0 Å². The molecule has 19 heavy (non-hydrogen) atoms. The molecule has 2 unspecified atom stereocenters. The number of aryl methyl sites for hydroxylation is 1. The van der Waals surface area contributed by atoms with E-state index in [-0.39, 0.29) is 5.92 Å². The number of ether oxygens (including phenoxy) is 1. The summed E-state index contributed by atoms with van der Waals surface area (Å²) in [7, 11) is 1.64. The lowest BCUT2D eigenvalue weighted by atomic mass is 9.91. The van der Waals surface area contributed by atoms with Gasteiger partial charge < -0.3 is 15.6 Å². The number of hydrogen-bond donors (Lipinski definition) is 2. The normalized spacial score (nSPS) is 14.1. The molecule has 2 aromatic rings. The summed E-state index contributed by atoms with van der Waals surface area (Å²) in [6.45, 7) is 2.40. The first-order valence-corrected chi connectivity index (χ1v) is 7.11. The smallest absolute Gasteiger partial charge is 0.119 e. The highest BCUT2D eigenvalue weighted by Crippen LogP contribution is 2.35. The van der Waals surface area contributed by atoms with Gasteiger partial charge in [-0.05, 0) is 41.6 Å². The molecule has 4 heteroatoms. The average molecular weight is 277 g/mol. The van der Waals surface area contributed by atoms with Crippen LogP contribution in [0.15, 0.2) is 35.7 Å². The molecule has 2 atom stereocenters. The van der Waals surface area contributed by atoms with Crippen molar-refractivity contribution < 1.29 is 9.84 Å². The highest BCUT2D eigenvalue weighted by molar-refractivity contribution is 7.10. The average Bonchev–Trinajstić information content (AvgIpc) is 2.86. The van der Waals surface area contributed by atoms with Gasteiger partial charge in [-0.25, -0.2) is 0 Å². The van der Waals surface area contributed by atoms with Crippen LogP contribution in [0.25, 0.3) is 0 Å². The van der Waals surface area contributed by atoms with Gasteiger partial charge in [-0.15, -0.1) is 11.3 Å². The van der Waals surface area contributed by atoms with Crippen LogP contribution in [0.1, 0.15) is 28.0 Å². The van der Waals surface area contributed by atoms with Crippen molar-refractivity contribution >= 4 is 11.3 Å². The molecule has 0 aliphatic rings. The van der Waals surface area contributed by atoms with Crippen LogP contribution in [0, 0.1) is 6.92 Å². The van der Waals surface area contributed by atoms with Crippen molar-refractivity contribution in [1.29, 1.82) is 0 Å². The number of aliphatic hydroxyl groups is 1. The van der Waals surface area contributed by atoms with Crippen LogP contribution in [0.3, 0.4) is 0 Å². The van der Waals surface area contributed by atoms with Crippen LogP contribution in [0.4, 0.5) is 0 Å². The summed E-state index contributed by atoms with van der Waals surface area (Å²) in [5.41, 5.74) is 7.97. The molecule has 0 saturated carbocycles. The van der Waals surface area contributed by atoms with Gasteiger partial charge in [0.25, 0.3) is 0 Å². The number of nitrogens with two attached hydrogens (primary N) is 1. The number of methoxy groups -OCH3 is 1. The lowest BCUT2D eigenvalue weighted by Gasteiger charge is -2.22. The van der Waals surface area contributed by atoms with Crippen molar-refractivity contribution in [2.45, 2.75) is 18.9 Å². The van der Waals surface area contributed by atoms with Gasteiger partial charge >= 0.3 is 0 Å². The molecule has 0 amide bonds. The van der Waals surface area contributed by atoms with Crippen LogP contribution in [-0.2, 0) is 0 Å². The zero-order chi connectivity index (χ0) is 13.8. The fraction of sp³-hybridized carbons (Fsp3) is 0.333. The van der Waals surface area contributed by atoms with Gasteiger partial charge in [-0.2, -0.15) is 0 Å². The topological polar surface area (TPSA) is 55.5 Å². The van der Waals surface area contributed by atoms with Crippen LogP contribution in [0.5, 0.6) is 5.75 Å². The molecule has 0 fully saturated rings. The molecule has 1 aromatic heterocycles. The largest absolute Gasteiger partial charge is 0.497 e. The van der Waals surface area contributed by atoms with Crippen LogP contribution < -0.4 is 10.5 Å². The summed E-state index contributed by atoms with van der Waals surface area (Å²) < 4.78 is 5.22. The summed E-state index contributed by atoms with van der Waals surface area (Å²) in [6, 6.07) is 9.74. The van der Waals surface area contributed by atoms with Crippen molar-refractivity contribution in [3.05, 3.63) is 51.7 Å². The third-order valence-corrected chi connectivity index (χ3v) is 4.42. The molecule has 3 nitrogen and oxygen atoms in total. The maximum atomic E-state index is 10.6. The Morgan fingerprint density at radius 3 is 2.74 bits per heavy atom. The van der Waals surface area contributed by atoms with Crippen molar-refractivity contribution in [3.63, 3.8) is 0 Å². The van der Waals surface area contributed by atoms with E-state index >= 15 is 0 Å². The van der Waals surface area contributed by atoms with Gasteiger partial charge in [0.1, 0.15) is 5.75 Å². The Bertz CT molecular complexity index is 538. The fourth-order valence-corrected chi connectivity index (χ4v) is 3.17. The molecule has 2 rings (SSSR count). The van der Waals surface area contributed by atoms with Crippen LogP contribution in [0.2, 0.25) is 0 Å². The number of thiophene rings is 1. The molecule has 0 radical (unpaired) electrons. The first kappa shape index (κ1) is 14.1. The van der Waals surface area contributed by atoms with E-state index in [9.17, 15) is 5.11 Å². The Hall–Kier alpha value is -1.36. The molecule has 102 valence electrons. The van der Waals surface area contributed by atoms with E-state index in [0.29, 0.717) is 6.54 Å². The van der Waals surface area contributed by atoms with Crippen molar-refractivity contribution in [2.24, 2.45) is 5.73 Å². The third kappa shape index (κ3) is 2.97. The minimum absolute atomic E-state index is 0.118. The molecule has 1 aromatic carbocycles. The molecule has 0 aliphatic carbocycles. The SMILES string of the molecule is COc1cccc(C(CN)C(O)c2sccc2C)c1. The quantitative estimate of drug-likeness (QED) is 0.883. The molecular formula is C15H19NO2S. The van der Waals surface area contributed by atoms with Crippen LogP contribution >= 0.6 is 11.3 Å². The number of rotatable bonds is 5. The molecule has 0 spiro atoms. The third-order valence-electron chi connectivity index (χ3n) is 3.33. The molecule has 0 saturated heterocycles. The maximum absolute atomic E-state index is 10.6. The van der Waals surface area contributed by atoms with E-state index in [4.69, 9.17) is 10.5 Å². The zero-order valence-electron chi connectivity index (χ0n) is 11.2. The monoisotopic (exact) mass is 277 g/mol. The summed E-state index contributed by atoms with van der Waals surface area (Å²) >= 11 is 1.57. The molecule has 1 heterocycles. The van der Waals surface area contributed by atoms with Gasteiger partial charge in [0.05, 0.1) is 13.2 Å². The zero-order valence-corrected chi connectivity index (χ0v) is 12.0. The molecule has 0 bridgehead atoms. The first-order valence-electron chi connectivity index (χ1n) is 6.23.